The van der Waals surface area contributed by atoms with Crippen LogP contribution >= 0.6 is 0 Å². The molecule has 0 unspecified atom stereocenters. The first-order chi connectivity index (χ1) is 16.6. The normalized spacial score (nSPS) is 13.1. The van der Waals surface area contributed by atoms with Gasteiger partial charge in [0.2, 0.25) is 0 Å². The van der Waals surface area contributed by atoms with Crippen LogP contribution in [0, 0.1) is 0 Å². The van der Waals surface area contributed by atoms with Crippen molar-refractivity contribution in [2.45, 2.75) is 6.04 Å². The van der Waals surface area contributed by atoms with Crippen LogP contribution in [0.5, 0.6) is 0 Å². The molecule has 1 aliphatic rings. The van der Waals surface area contributed by atoms with Gasteiger partial charge in [0.05, 0.1) is 11.6 Å². The van der Waals surface area contributed by atoms with Crippen molar-refractivity contribution in [3.05, 3.63) is 115 Å². The number of nitrogens with zero attached hydrogens (tertiary/aromatic N) is 2. The van der Waals surface area contributed by atoms with E-state index >= 15 is 0 Å². The van der Waals surface area contributed by atoms with Crippen molar-refractivity contribution in [2.24, 2.45) is 0 Å². The van der Waals surface area contributed by atoms with Gasteiger partial charge in [0, 0.05) is 59.3 Å². The molecule has 168 valence electrons. The summed E-state index contributed by atoms with van der Waals surface area (Å²) in [6, 6.07) is 25.2. The molecule has 3 N–H and O–H groups in total. The van der Waals surface area contributed by atoms with E-state index in [1.807, 2.05) is 103 Å². The number of hydrogen-bond acceptors (Lipinski definition) is 5. The number of carbonyl (C=O) groups excluding carboxylic acids is 1. The van der Waals surface area contributed by atoms with Crippen LogP contribution in [0.25, 0.3) is 10.9 Å². The lowest BCUT2D eigenvalue weighted by molar-refractivity contribution is 0.102. The molecule has 4 aromatic rings. The average molecular weight is 448 g/mol. The maximum Gasteiger partial charge on any atom is 0.255 e. The SMILES string of the molecule is CN1C=CC(Nc2cccc(C(=O)Nc3ccc(Nc4ccnc5ccccc45)cc3)c2)C=C1. The number of carbonyl (C=O) groups is 1. The predicted octanol–water partition coefficient (Wildman–Crippen LogP) is 5.98. The monoisotopic (exact) mass is 447 g/mol. The highest BCUT2D eigenvalue weighted by atomic mass is 16.1. The minimum atomic E-state index is -0.154. The number of anilines is 4. The van der Waals surface area contributed by atoms with E-state index in [9.17, 15) is 4.79 Å². The van der Waals surface area contributed by atoms with Gasteiger partial charge in [-0.3, -0.25) is 9.78 Å². The summed E-state index contributed by atoms with van der Waals surface area (Å²) >= 11 is 0. The van der Waals surface area contributed by atoms with Gasteiger partial charge in [-0.05, 0) is 66.7 Å². The number of aromatic nitrogens is 1. The number of rotatable bonds is 6. The second-order valence-electron chi connectivity index (χ2n) is 8.13. The molecule has 1 aromatic heterocycles. The Kier molecular flexibility index (Phi) is 5.95. The van der Waals surface area contributed by atoms with Crippen LogP contribution in [-0.4, -0.2) is 28.9 Å². The third-order valence-electron chi connectivity index (χ3n) is 5.59. The van der Waals surface area contributed by atoms with E-state index in [1.54, 1.807) is 6.20 Å². The van der Waals surface area contributed by atoms with Crippen LogP contribution in [0.1, 0.15) is 10.4 Å². The van der Waals surface area contributed by atoms with Crippen molar-refractivity contribution >= 4 is 39.6 Å². The molecule has 1 amide bonds. The van der Waals surface area contributed by atoms with Gasteiger partial charge in [-0.25, -0.2) is 0 Å². The summed E-state index contributed by atoms with van der Waals surface area (Å²) < 4.78 is 0. The molecular weight excluding hydrogens is 422 g/mol. The average Bonchev–Trinajstić information content (AvgIpc) is 2.87. The molecular formula is C28H25N5O. The first-order valence-electron chi connectivity index (χ1n) is 11.1. The molecule has 0 spiro atoms. The molecule has 6 heteroatoms. The molecule has 0 aliphatic carbocycles. The number of hydrogen-bond donors (Lipinski definition) is 3. The lowest BCUT2D eigenvalue weighted by Crippen LogP contribution is -2.20. The Labute approximate surface area is 198 Å². The van der Waals surface area contributed by atoms with Crippen LogP contribution in [0.2, 0.25) is 0 Å². The molecule has 0 fully saturated rings. The van der Waals surface area contributed by atoms with Crippen LogP contribution in [0.4, 0.5) is 22.7 Å². The van der Waals surface area contributed by atoms with Crippen LogP contribution in [-0.2, 0) is 0 Å². The molecule has 2 heterocycles. The van der Waals surface area contributed by atoms with E-state index in [2.05, 4.69) is 33.1 Å². The van der Waals surface area contributed by atoms with Crippen molar-refractivity contribution in [2.75, 3.05) is 23.0 Å². The van der Waals surface area contributed by atoms with E-state index < -0.39 is 0 Å². The fourth-order valence-corrected chi connectivity index (χ4v) is 3.81. The summed E-state index contributed by atoms with van der Waals surface area (Å²) in [7, 11) is 1.98. The first-order valence-corrected chi connectivity index (χ1v) is 11.1. The molecule has 3 aromatic carbocycles. The highest BCUT2D eigenvalue weighted by molar-refractivity contribution is 6.05. The van der Waals surface area contributed by atoms with Gasteiger partial charge in [0.15, 0.2) is 0 Å². The van der Waals surface area contributed by atoms with Gasteiger partial charge < -0.3 is 20.9 Å². The van der Waals surface area contributed by atoms with Crippen LogP contribution < -0.4 is 16.0 Å². The van der Waals surface area contributed by atoms with Crippen molar-refractivity contribution in [1.82, 2.24) is 9.88 Å². The smallest absolute Gasteiger partial charge is 0.255 e. The van der Waals surface area contributed by atoms with Crippen molar-refractivity contribution in [1.29, 1.82) is 0 Å². The van der Waals surface area contributed by atoms with Gasteiger partial charge in [-0.15, -0.1) is 0 Å². The standard InChI is InChI=1S/C28H25N5O/c1-33-17-14-23(15-18-33)30-24-6-4-5-20(19-24)28(34)32-22-11-9-21(10-12-22)31-27-13-16-29-26-8-3-2-7-25(26)27/h2-19,23,30H,1H3,(H,29,31)(H,32,34). The zero-order valence-corrected chi connectivity index (χ0v) is 18.8. The summed E-state index contributed by atoms with van der Waals surface area (Å²) in [6.07, 6.45) is 9.93. The molecule has 1 aliphatic heterocycles. The Morgan fingerprint density at radius 2 is 1.62 bits per heavy atom. The molecule has 6 nitrogen and oxygen atoms in total. The summed E-state index contributed by atoms with van der Waals surface area (Å²) in [4.78, 5) is 19.2. The second-order valence-corrected chi connectivity index (χ2v) is 8.13. The molecule has 5 rings (SSSR count). The molecule has 0 bridgehead atoms. The largest absolute Gasteiger partial charge is 0.375 e. The Balaban J connectivity index is 1.24. The first kappa shape index (κ1) is 21.3. The highest BCUT2D eigenvalue weighted by Gasteiger charge is 2.10. The fraction of sp³-hybridized carbons (Fsp3) is 0.0714. The predicted molar refractivity (Wildman–Crippen MR) is 139 cm³/mol. The van der Waals surface area contributed by atoms with Gasteiger partial charge in [-0.2, -0.15) is 0 Å². The van der Waals surface area contributed by atoms with E-state index in [0.717, 1.165) is 33.7 Å². The molecule has 0 saturated heterocycles. The summed E-state index contributed by atoms with van der Waals surface area (Å²) in [5, 5.41) is 10.9. The van der Waals surface area contributed by atoms with Crippen LogP contribution in [0.15, 0.2) is 110 Å². The summed E-state index contributed by atoms with van der Waals surface area (Å²) in [5.41, 5.74) is 5.07. The van der Waals surface area contributed by atoms with E-state index in [4.69, 9.17) is 0 Å². The van der Waals surface area contributed by atoms with Gasteiger partial charge in [0.25, 0.3) is 5.91 Å². The molecule has 0 radical (unpaired) electrons. The summed E-state index contributed by atoms with van der Waals surface area (Å²) in [5.74, 6) is -0.154. The van der Waals surface area contributed by atoms with E-state index in [0.29, 0.717) is 5.56 Å². The Morgan fingerprint density at radius 3 is 2.44 bits per heavy atom. The fourth-order valence-electron chi connectivity index (χ4n) is 3.81. The number of fused-ring (bicyclic) bond motifs is 1. The maximum absolute atomic E-state index is 12.8. The van der Waals surface area contributed by atoms with Crippen molar-refractivity contribution < 1.29 is 4.79 Å². The zero-order valence-electron chi connectivity index (χ0n) is 18.8. The number of para-hydroxylation sites is 1. The minimum Gasteiger partial charge on any atom is -0.375 e. The summed E-state index contributed by atoms with van der Waals surface area (Å²) in [6.45, 7) is 0. The quantitative estimate of drug-likeness (QED) is 0.339. The minimum absolute atomic E-state index is 0.0899. The number of benzene rings is 3. The van der Waals surface area contributed by atoms with Crippen molar-refractivity contribution in [3.8, 4) is 0 Å². The van der Waals surface area contributed by atoms with Gasteiger partial charge in [0.1, 0.15) is 0 Å². The maximum atomic E-state index is 12.8. The van der Waals surface area contributed by atoms with Gasteiger partial charge in [-0.1, -0.05) is 24.3 Å². The lowest BCUT2D eigenvalue weighted by Gasteiger charge is -2.19. The second kappa shape index (κ2) is 9.50. The topological polar surface area (TPSA) is 69.3 Å². The number of amides is 1. The van der Waals surface area contributed by atoms with Crippen LogP contribution in [0.3, 0.4) is 0 Å². The Bertz CT molecular complexity index is 1360. The van der Waals surface area contributed by atoms with Crippen molar-refractivity contribution in [3.63, 3.8) is 0 Å². The molecule has 0 saturated carbocycles. The Hall–Kier alpha value is -4.58. The van der Waals surface area contributed by atoms with E-state index in [-0.39, 0.29) is 11.9 Å². The zero-order chi connectivity index (χ0) is 23.3. The molecule has 0 atom stereocenters. The third-order valence-corrected chi connectivity index (χ3v) is 5.59. The van der Waals surface area contributed by atoms with Gasteiger partial charge >= 0.3 is 0 Å². The lowest BCUT2D eigenvalue weighted by atomic mass is 10.1. The Morgan fingerprint density at radius 1 is 0.853 bits per heavy atom. The third kappa shape index (κ3) is 4.91. The molecule has 34 heavy (non-hydrogen) atoms. The highest BCUT2D eigenvalue weighted by Crippen LogP contribution is 2.26. The number of pyridine rings is 1. The number of nitrogens with one attached hydrogen (secondary N) is 3. The van der Waals surface area contributed by atoms with E-state index in [1.165, 1.54) is 0 Å².